The Morgan fingerprint density at radius 3 is 2.48 bits per heavy atom. The maximum atomic E-state index is 12.7. The first kappa shape index (κ1) is 16.0. The molecule has 3 rings (SSSR count). The first-order valence-electron chi connectivity index (χ1n) is 8.61. The summed E-state index contributed by atoms with van der Waals surface area (Å²) in [6.45, 7) is 8.47. The monoisotopic (exact) mass is 314 g/mol. The number of piperidine rings is 1. The Bertz CT molecular complexity index is 606. The number of nitrogens with zero attached hydrogens (tertiary/aromatic N) is 2. The molecule has 0 unspecified atom stereocenters. The Kier molecular flexibility index (Phi) is 4.42. The summed E-state index contributed by atoms with van der Waals surface area (Å²) in [5, 5.41) is 0. The molecule has 2 aliphatic heterocycles. The number of benzene rings is 1. The van der Waals surface area contributed by atoms with Crippen molar-refractivity contribution in [2.45, 2.75) is 40.0 Å². The summed E-state index contributed by atoms with van der Waals surface area (Å²) < 4.78 is 0. The topological polar surface area (TPSA) is 40.6 Å². The lowest BCUT2D eigenvalue weighted by Gasteiger charge is -2.32. The van der Waals surface area contributed by atoms with Gasteiger partial charge in [-0.25, -0.2) is 0 Å². The van der Waals surface area contributed by atoms with Crippen LogP contribution in [0.15, 0.2) is 18.2 Å². The Hall–Kier alpha value is -1.84. The fraction of sp³-hybridized carbons (Fsp3) is 0.579. The standard InChI is InChI=1S/C19H26N2O2/c1-13-5-4-6-20(11-13)19(23)16-10-18(22)21(12-16)17-8-14(2)7-15(3)9-17/h7-9,13,16H,4-6,10-12H2,1-3H3/t13-,16-/m0/s1. The van der Waals surface area contributed by atoms with Crippen molar-refractivity contribution in [3.8, 4) is 0 Å². The van der Waals surface area contributed by atoms with Crippen LogP contribution in [-0.4, -0.2) is 36.3 Å². The zero-order valence-corrected chi connectivity index (χ0v) is 14.3. The lowest BCUT2D eigenvalue weighted by molar-refractivity contribution is -0.137. The van der Waals surface area contributed by atoms with E-state index >= 15 is 0 Å². The molecule has 2 fully saturated rings. The van der Waals surface area contributed by atoms with E-state index in [1.54, 1.807) is 4.90 Å². The van der Waals surface area contributed by atoms with Crippen LogP contribution in [-0.2, 0) is 9.59 Å². The molecule has 1 aromatic rings. The summed E-state index contributed by atoms with van der Waals surface area (Å²) in [7, 11) is 0. The molecule has 0 spiro atoms. The number of anilines is 1. The van der Waals surface area contributed by atoms with Crippen molar-refractivity contribution >= 4 is 17.5 Å². The molecule has 0 aromatic heterocycles. The number of rotatable bonds is 2. The molecular formula is C19H26N2O2. The van der Waals surface area contributed by atoms with E-state index in [1.807, 2.05) is 30.9 Å². The lowest BCUT2D eigenvalue weighted by Crippen LogP contribution is -2.43. The molecule has 4 nitrogen and oxygen atoms in total. The predicted molar refractivity (Wildman–Crippen MR) is 91.4 cm³/mol. The van der Waals surface area contributed by atoms with Crippen LogP contribution in [0.1, 0.15) is 37.3 Å². The number of hydrogen-bond donors (Lipinski definition) is 0. The van der Waals surface area contributed by atoms with Gasteiger partial charge >= 0.3 is 0 Å². The highest BCUT2D eigenvalue weighted by Crippen LogP contribution is 2.29. The largest absolute Gasteiger partial charge is 0.342 e. The van der Waals surface area contributed by atoms with Gasteiger partial charge in [0.15, 0.2) is 0 Å². The summed E-state index contributed by atoms with van der Waals surface area (Å²) in [4.78, 5) is 28.9. The van der Waals surface area contributed by atoms with E-state index in [4.69, 9.17) is 0 Å². The molecule has 2 heterocycles. The van der Waals surface area contributed by atoms with Crippen LogP contribution in [0.3, 0.4) is 0 Å². The Balaban J connectivity index is 1.73. The molecule has 0 radical (unpaired) electrons. The summed E-state index contributed by atoms with van der Waals surface area (Å²) in [6, 6.07) is 6.16. The van der Waals surface area contributed by atoms with E-state index < -0.39 is 0 Å². The summed E-state index contributed by atoms with van der Waals surface area (Å²) in [5.41, 5.74) is 3.22. The van der Waals surface area contributed by atoms with Crippen molar-refractivity contribution in [1.82, 2.24) is 4.90 Å². The Labute approximate surface area is 138 Å². The molecule has 23 heavy (non-hydrogen) atoms. The molecular weight excluding hydrogens is 288 g/mol. The summed E-state index contributed by atoms with van der Waals surface area (Å²) >= 11 is 0. The average Bonchev–Trinajstić information content (AvgIpc) is 2.87. The van der Waals surface area contributed by atoms with Crippen LogP contribution in [0, 0.1) is 25.7 Å². The molecule has 2 aliphatic rings. The molecule has 0 aliphatic carbocycles. The van der Waals surface area contributed by atoms with E-state index in [1.165, 1.54) is 6.42 Å². The zero-order valence-electron chi connectivity index (χ0n) is 14.3. The van der Waals surface area contributed by atoms with Crippen molar-refractivity contribution in [1.29, 1.82) is 0 Å². The second kappa shape index (κ2) is 6.34. The van der Waals surface area contributed by atoms with Crippen molar-refractivity contribution in [3.05, 3.63) is 29.3 Å². The van der Waals surface area contributed by atoms with Gasteiger partial charge in [-0.05, 0) is 55.9 Å². The zero-order chi connectivity index (χ0) is 16.6. The third-order valence-corrected chi connectivity index (χ3v) is 4.96. The minimum absolute atomic E-state index is 0.0680. The maximum absolute atomic E-state index is 12.7. The highest BCUT2D eigenvalue weighted by atomic mass is 16.2. The van der Waals surface area contributed by atoms with E-state index in [0.29, 0.717) is 18.9 Å². The van der Waals surface area contributed by atoms with Crippen LogP contribution < -0.4 is 4.90 Å². The highest BCUT2D eigenvalue weighted by molar-refractivity contribution is 6.00. The number of carbonyl (C=O) groups is 2. The van der Waals surface area contributed by atoms with Gasteiger partial charge in [0.05, 0.1) is 5.92 Å². The third kappa shape index (κ3) is 3.41. The first-order chi connectivity index (χ1) is 10.9. The van der Waals surface area contributed by atoms with Gasteiger partial charge in [-0.15, -0.1) is 0 Å². The SMILES string of the molecule is Cc1cc(C)cc(N2C[C@@H](C(=O)N3CCC[C@H](C)C3)CC2=O)c1. The quantitative estimate of drug-likeness (QED) is 0.842. The van der Waals surface area contributed by atoms with Crippen LogP contribution in [0.2, 0.25) is 0 Å². The van der Waals surface area contributed by atoms with Gasteiger partial charge in [-0.3, -0.25) is 9.59 Å². The van der Waals surface area contributed by atoms with E-state index in [0.717, 1.165) is 36.3 Å². The minimum Gasteiger partial charge on any atom is -0.342 e. The molecule has 0 N–H and O–H groups in total. The number of amides is 2. The van der Waals surface area contributed by atoms with E-state index in [-0.39, 0.29) is 17.7 Å². The third-order valence-electron chi connectivity index (χ3n) is 4.96. The second-order valence-electron chi connectivity index (χ2n) is 7.28. The number of likely N-dealkylation sites (tertiary alicyclic amines) is 1. The van der Waals surface area contributed by atoms with Gasteiger partial charge in [-0.2, -0.15) is 0 Å². The lowest BCUT2D eigenvalue weighted by atomic mass is 9.98. The maximum Gasteiger partial charge on any atom is 0.228 e. The van der Waals surface area contributed by atoms with Crippen molar-refractivity contribution in [3.63, 3.8) is 0 Å². The van der Waals surface area contributed by atoms with Gasteiger partial charge in [0.25, 0.3) is 0 Å². The van der Waals surface area contributed by atoms with E-state index in [2.05, 4.69) is 13.0 Å². The van der Waals surface area contributed by atoms with Crippen molar-refractivity contribution < 1.29 is 9.59 Å². The Morgan fingerprint density at radius 2 is 1.83 bits per heavy atom. The molecule has 1 aromatic carbocycles. The fourth-order valence-corrected chi connectivity index (χ4v) is 3.88. The predicted octanol–water partition coefficient (Wildman–Crippen LogP) is 2.91. The number of aryl methyl sites for hydroxylation is 2. The normalized spacial score (nSPS) is 25.1. The minimum atomic E-state index is -0.186. The average molecular weight is 314 g/mol. The molecule has 0 bridgehead atoms. The Morgan fingerprint density at radius 1 is 1.13 bits per heavy atom. The summed E-state index contributed by atoms with van der Waals surface area (Å²) in [5.74, 6) is 0.615. The number of hydrogen-bond acceptors (Lipinski definition) is 2. The van der Waals surface area contributed by atoms with Crippen LogP contribution >= 0.6 is 0 Å². The van der Waals surface area contributed by atoms with Gasteiger partial charge in [0.2, 0.25) is 11.8 Å². The van der Waals surface area contributed by atoms with Crippen LogP contribution in [0.5, 0.6) is 0 Å². The van der Waals surface area contributed by atoms with Gasteiger partial charge in [0, 0.05) is 31.7 Å². The fourth-order valence-electron chi connectivity index (χ4n) is 3.88. The molecule has 2 atom stereocenters. The van der Waals surface area contributed by atoms with Gasteiger partial charge in [-0.1, -0.05) is 13.0 Å². The van der Waals surface area contributed by atoms with Gasteiger partial charge < -0.3 is 9.80 Å². The van der Waals surface area contributed by atoms with Crippen molar-refractivity contribution in [2.24, 2.45) is 11.8 Å². The molecule has 124 valence electrons. The van der Waals surface area contributed by atoms with Crippen molar-refractivity contribution in [2.75, 3.05) is 24.5 Å². The van der Waals surface area contributed by atoms with Crippen LogP contribution in [0.25, 0.3) is 0 Å². The smallest absolute Gasteiger partial charge is 0.228 e. The second-order valence-corrected chi connectivity index (χ2v) is 7.28. The molecule has 2 amide bonds. The first-order valence-corrected chi connectivity index (χ1v) is 8.61. The summed E-state index contributed by atoms with van der Waals surface area (Å²) in [6.07, 6.45) is 2.62. The molecule has 4 heteroatoms. The molecule has 0 saturated carbocycles. The van der Waals surface area contributed by atoms with Crippen LogP contribution in [0.4, 0.5) is 5.69 Å². The highest BCUT2D eigenvalue weighted by Gasteiger charge is 2.38. The van der Waals surface area contributed by atoms with Gasteiger partial charge in [0.1, 0.15) is 0 Å². The van der Waals surface area contributed by atoms with E-state index in [9.17, 15) is 9.59 Å². The molecule has 2 saturated heterocycles. The number of carbonyl (C=O) groups excluding carboxylic acids is 2.